The van der Waals surface area contributed by atoms with E-state index in [1.54, 1.807) is 6.92 Å². The predicted octanol–water partition coefficient (Wildman–Crippen LogP) is 4.89. The SMILES string of the molecule is Cc1nnc(C(N)CCCCN2C(=O)C3C4(C)C(=O)C(C)(C(c5ccccc5)=C4c4ccccc4)C3(Br)C2=O)o1. The zero-order valence-corrected chi connectivity index (χ0v) is 24.3. The van der Waals surface area contributed by atoms with Gasteiger partial charge >= 0.3 is 0 Å². The summed E-state index contributed by atoms with van der Waals surface area (Å²) < 4.78 is 4.05. The van der Waals surface area contributed by atoms with Gasteiger partial charge in [-0.1, -0.05) is 76.6 Å². The van der Waals surface area contributed by atoms with Crippen molar-refractivity contribution in [2.75, 3.05) is 6.54 Å². The number of ketones is 1. The number of alkyl halides is 1. The van der Waals surface area contributed by atoms with Crippen molar-refractivity contribution < 1.29 is 18.8 Å². The first-order chi connectivity index (χ1) is 19.1. The van der Waals surface area contributed by atoms with E-state index < -0.39 is 27.1 Å². The van der Waals surface area contributed by atoms with Gasteiger partial charge in [-0.15, -0.1) is 10.2 Å². The highest BCUT2D eigenvalue weighted by molar-refractivity contribution is 9.10. The fourth-order valence-electron chi connectivity index (χ4n) is 7.29. The van der Waals surface area contributed by atoms with E-state index in [-0.39, 0.29) is 24.1 Å². The van der Waals surface area contributed by atoms with Crippen LogP contribution in [0, 0.1) is 23.7 Å². The summed E-state index contributed by atoms with van der Waals surface area (Å²) in [7, 11) is 0. The minimum atomic E-state index is -1.37. The fourth-order valence-corrected chi connectivity index (χ4v) is 8.54. The van der Waals surface area contributed by atoms with Crippen LogP contribution in [0.4, 0.5) is 0 Å². The zero-order valence-electron chi connectivity index (χ0n) is 22.7. The van der Waals surface area contributed by atoms with E-state index >= 15 is 0 Å². The monoisotopic (exact) mass is 602 g/mol. The Labute approximate surface area is 241 Å². The van der Waals surface area contributed by atoms with E-state index in [1.165, 1.54) is 4.90 Å². The van der Waals surface area contributed by atoms with Crippen molar-refractivity contribution in [3.63, 3.8) is 0 Å². The van der Waals surface area contributed by atoms with Crippen molar-refractivity contribution in [1.29, 1.82) is 0 Å². The van der Waals surface area contributed by atoms with Gasteiger partial charge in [0.05, 0.1) is 22.8 Å². The van der Waals surface area contributed by atoms with Crippen LogP contribution in [0.3, 0.4) is 0 Å². The smallest absolute Gasteiger partial charge is 0.248 e. The number of carbonyl (C=O) groups excluding carboxylic acids is 3. The summed E-state index contributed by atoms with van der Waals surface area (Å²) in [6.07, 6.45) is 1.81. The number of imide groups is 1. The van der Waals surface area contributed by atoms with Gasteiger partial charge in [0.2, 0.25) is 23.6 Å². The topological polar surface area (TPSA) is 119 Å². The summed E-state index contributed by atoms with van der Waals surface area (Å²) in [6.45, 7) is 5.64. The van der Waals surface area contributed by atoms with Crippen molar-refractivity contribution in [3.8, 4) is 0 Å². The summed E-state index contributed by atoms with van der Waals surface area (Å²) in [6, 6.07) is 19.1. The minimum Gasteiger partial charge on any atom is -0.424 e. The summed E-state index contributed by atoms with van der Waals surface area (Å²) in [5.74, 6) is -0.766. The number of allylic oxidation sites excluding steroid dienone is 2. The normalized spacial score (nSPS) is 30.0. The molecule has 1 aliphatic heterocycles. The predicted molar refractivity (Wildman–Crippen MR) is 153 cm³/mol. The molecule has 8 nitrogen and oxygen atoms in total. The Balaban J connectivity index is 1.35. The lowest BCUT2D eigenvalue weighted by Crippen LogP contribution is -2.50. The first-order valence-corrected chi connectivity index (χ1v) is 14.4. The molecule has 2 N–H and O–H groups in total. The van der Waals surface area contributed by atoms with Gasteiger partial charge in [0.1, 0.15) is 4.32 Å². The van der Waals surface area contributed by atoms with Crippen LogP contribution in [0.2, 0.25) is 0 Å². The van der Waals surface area contributed by atoms with Gasteiger partial charge < -0.3 is 10.2 Å². The maximum absolute atomic E-state index is 14.4. The lowest BCUT2D eigenvalue weighted by Gasteiger charge is -2.41. The summed E-state index contributed by atoms with van der Waals surface area (Å²) >= 11 is 3.80. The number of aryl methyl sites for hydroxylation is 1. The van der Waals surface area contributed by atoms with Gasteiger partial charge in [-0.3, -0.25) is 19.3 Å². The standard InChI is InChI=1S/C31H31BrN4O4/c1-18-34-35-25(40-18)21(33)16-10-11-17-36-26(37)24-29(2)22(19-12-6-4-7-13-19)23(20-14-8-5-9-15-20)30(3,27(29)38)31(24,32)28(36)39/h4-9,12-15,21,24H,10-11,16-17,33H2,1-3H3. The number of fused-ring (bicyclic) bond motifs is 5. The van der Waals surface area contributed by atoms with Crippen LogP contribution in [-0.2, 0) is 14.4 Å². The average molecular weight is 604 g/mol. The molecule has 2 amide bonds. The van der Waals surface area contributed by atoms with Gasteiger partial charge in [-0.05, 0) is 55.4 Å². The number of hydrogen-bond acceptors (Lipinski definition) is 7. The van der Waals surface area contributed by atoms with E-state index in [9.17, 15) is 14.4 Å². The fraction of sp³-hybridized carbons (Fsp3) is 0.387. The molecule has 9 heteroatoms. The molecule has 0 spiro atoms. The van der Waals surface area contributed by atoms with Crippen LogP contribution < -0.4 is 5.73 Å². The molecule has 206 valence electrons. The molecular weight excluding hydrogens is 572 g/mol. The molecule has 2 aromatic carbocycles. The number of unbranched alkanes of at least 4 members (excludes halogenated alkanes) is 1. The molecule has 1 saturated heterocycles. The van der Waals surface area contributed by atoms with E-state index in [4.69, 9.17) is 10.2 Å². The first-order valence-electron chi connectivity index (χ1n) is 13.6. The summed E-state index contributed by atoms with van der Waals surface area (Å²) in [5.41, 5.74) is 7.18. The third-order valence-electron chi connectivity index (χ3n) is 9.10. The van der Waals surface area contributed by atoms with E-state index in [1.807, 2.05) is 74.5 Å². The Morgan fingerprint density at radius 3 is 2.12 bits per heavy atom. The molecule has 5 unspecified atom stereocenters. The third kappa shape index (κ3) is 3.37. The van der Waals surface area contributed by atoms with E-state index in [0.29, 0.717) is 31.0 Å². The number of likely N-dealkylation sites (tertiary alicyclic amines) is 1. The van der Waals surface area contributed by atoms with Gasteiger partial charge in [0.25, 0.3) is 0 Å². The van der Waals surface area contributed by atoms with Crippen LogP contribution in [0.5, 0.6) is 0 Å². The molecule has 3 aliphatic rings. The quantitative estimate of drug-likeness (QED) is 0.221. The molecular formula is C31H31BrN4O4. The number of rotatable bonds is 8. The first kappa shape index (κ1) is 26.8. The Kier molecular flexibility index (Phi) is 6.23. The second kappa shape index (κ2) is 9.31. The number of nitrogens with zero attached hydrogens (tertiary/aromatic N) is 3. The largest absolute Gasteiger partial charge is 0.424 e. The summed E-state index contributed by atoms with van der Waals surface area (Å²) in [5, 5.41) is 7.80. The molecule has 0 radical (unpaired) electrons. The van der Waals surface area contributed by atoms with Crippen molar-refractivity contribution in [2.24, 2.45) is 22.5 Å². The van der Waals surface area contributed by atoms with Crippen LogP contribution in [0.1, 0.15) is 62.1 Å². The van der Waals surface area contributed by atoms with Gasteiger partial charge in [-0.2, -0.15) is 0 Å². The average Bonchev–Trinajstić information content (AvgIpc) is 3.57. The van der Waals surface area contributed by atoms with Crippen LogP contribution in [-0.4, -0.2) is 43.6 Å². The van der Waals surface area contributed by atoms with E-state index in [2.05, 4.69) is 26.1 Å². The highest BCUT2D eigenvalue weighted by Gasteiger charge is 2.85. The number of Topliss-reactive ketones (excluding diaryl/α,β-unsaturated/α-hetero) is 1. The number of benzene rings is 2. The summed E-state index contributed by atoms with van der Waals surface area (Å²) in [4.78, 5) is 44.1. The lowest BCUT2D eigenvalue weighted by atomic mass is 9.63. The Hall–Kier alpha value is -3.43. The second-order valence-corrected chi connectivity index (χ2v) is 12.6. The number of nitrogens with two attached hydrogens (primary N) is 1. The van der Waals surface area contributed by atoms with Crippen LogP contribution >= 0.6 is 15.9 Å². The lowest BCUT2D eigenvalue weighted by molar-refractivity contribution is -0.144. The molecule has 2 fully saturated rings. The molecule has 40 heavy (non-hydrogen) atoms. The number of hydrogen-bond donors (Lipinski definition) is 1. The van der Waals surface area contributed by atoms with Crippen LogP contribution in [0.15, 0.2) is 65.1 Å². The van der Waals surface area contributed by atoms with Crippen molar-refractivity contribution in [1.82, 2.24) is 15.1 Å². The molecule has 5 atom stereocenters. The maximum Gasteiger partial charge on any atom is 0.248 e. The second-order valence-electron chi connectivity index (χ2n) is 11.3. The third-order valence-corrected chi connectivity index (χ3v) is 10.7. The molecule has 1 aromatic heterocycles. The van der Waals surface area contributed by atoms with Gasteiger partial charge in [-0.25, -0.2) is 0 Å². The molecule has 2 aliphatic carbocycles. The Morgan fingerprint density at radius 2 is 1.55 bits per heavy atom. The highest BCUT2D eigenvalue weighted by Crippen LogP contribution is 2.77. The van der Waals surface area contributed by atoms with Gasteiger partial charge in [0, 0.05) is 13.5 Å². The number of amides is 2. The molecule has 1 saturated carbocycles. The number of aromatic nitrogens is 2. The van der Waals surface area contributed by atoms with Crippen molar-refractivity contribution in [2.45, 2.75) is 50.4 Å². The highest BCUT2D eigenvalue weighted by atomic mass is 79.9. The van der Waals surface area contributed by atoms with Crippen molar-refractivity contribution in [3.05, 3.63) is 83.6 Å². The molecule has 2 bridgehead atoms. The minimum absolute atomic E-state index is 0.0956. The zero-order chi connectivity index (χ0) is 28.4. The molecule has 6 rings (SSSR count). The van der Waals surface area contributed by atoms with Crippen molar-refractivity contribution >= 4 is 44.7 Å². The molecule has 2 heterocycles. The van der Waals surface area contributed by atoms with E-state index in [0.717, 1.165) is 22.3 Å². The maximum atomic E-state index is 14.4. The Bertz CT molecular complexity index is 1550. The van der Waals surface area contributed by atoms with Gasteiger partial charge in [0.15, 0.2) is 5.78 Å². The number of halogens is 1. The number of carbonyl (C=O) groups is 3. The Morgan fingerprint density at radius 1 is 0.950 bits per heavy atom. The molecule has 3 aromatic rings. The van der Waals surface area contributed by atoms with Crippen LogP contribution in [0.25, 0.3) is 11.1 Å².